The SMILES string of the molecule is Cc1ccccc1Nc1cc(NC2CCNC2)ncn1. The Morgan fingerprint density at radius 3 is 2.85 bits per heavy atom. The van der Waals surface area contributed by atoms with Crippen LogP contribution >= 0.6 is 0 Å². The van der Waals surface area contributed by atoms with E-state index >= 15 is 0 Å². The lowest BCUT2D eigenvalue weighted by Crippen LogP contribution is -2.22. The first-order valence-electron chi connectivity index (χ1n) is 6.93. The van der Waals surface area contributed by atoms with Crippen LogP contribution in [0.3, 0.4) is 0 Å². The van der Waals surface area contributed by atoms with Crippen LogP contribution in [0.4, 0.5) is 17.3 Å². The van der Waals surface area contributed by atoms with Crippen LogP contribution in [0.5, 0.6) is 0 Å². The molecular formula is C15H19N5. The van der Waals surface area contributed by atoms with Crippen LogP contribution in [-0.4, -0.2) is 29.1 Å². The van der Waals surface area contributed by atoms with E-state index in [4.69, 9.17) is 0 Å². The fraction of sp³-hybridized carbons (Fsp3) is 0.333. The maximum absolute atomic E-state index is 4.28. The lowest BCUT2D eigenvalue weighted by Gasteiger charge is -2.13. The van der Waals surface area contributed by atoms with E-state index in [-0.39, 0.29) is 0 Å². The molecule has 0 aliphatic carbocycles. The minimum absolute atomic E-state index is 0.455. The fourth-order valence-electron chi connectivity index (χ4n) is 2.34. The second-order valence-corrected chi connectivity index (χ2v) is 5.06. The van der Waals surface area contributed by atoms with Gasteiger partial charge in [-0.25, -0.2) is 9.97 Å². The van der Waals surface area contributed by atoms with Crippen molar-refractivity contribution >= 4 is 17.3 Å². The first kappa shape index (κ1) is 12.9. The van der Waals surface area contributed by atoms with Gasteiger partial charge in [0.1, 0.15) is 18.0 Å². The Morgan fingerprint density at radius 2 is 2.05 bits per heavy atom. The number of hydrogen-bond acceptors (Lipinski definition) is 5. The number of para-hydroxylation sites is 1. The highest BCUT2D eigenvalue weighted by Crippen LogP contribution is 2.20. The molecule has 2 heterocycles. The second kappa shape index (κ2) is 5.88. The zero-order chi connectivity index (χ0) is 13.8. The lowest BCUT2D eigenvalue weighted by molar-refractivity contribution is 0.787. The average Bonchev–Trinajstić information content (AvgIpc) is 2.95. The predicted molar refractivity (Wildman–Crippen MR) is 81.4 cm³/mol. The number of aromatic nitrogens is 2. The summed E-state index contributed by atoms with van der Waals surface area (Å²) in [5.74, 6) is 1.67. The van der Waals surface area contributed by atoms with Crippen LogP contribution in [0.15, 0.2) is 36.7 Å². The average molecular weight is 269 g/mol. The smallest absolute Gasteiger partial charge is 0.135 e. The van der Waals surface area contributed by atoms with Crippen molar-refractivity contribution in [2.75, 3.05) is 23.7 Å². The summed E-state index contributed by atoms with van der Waals surface area (Å²) in [6.45, 7) is 4.13. The second-order valence-electron chi connectivity index (χ2n) is 5.06. The molecule has 0 spiro atoms. The van der Waals surface area contributed by atoms with Crippen molar-refractivity contribution in [2.24, 2.45) is 0 Å². The normalized spacial score (nSPS) is 17.9. The van der Waals surface area contributed by atoms with Crippen LogP contribution in [0.2, 0.25) is 0 Å². The molecule has 1 fully saturated rings. The molecule has 1 atom stereocenters. The fourth-order valence-corrected chi connectivity index (χ4v) is 2.34. The van der Waals surface area contributed by atoms with Crippen LogP contribution in [0.25, 0.3) is 0 Å². The van der Waals surface area contributed by atoms with Crippen molar-refractivity contribution in [1.29, 1.82) is 0 Å². The van der Waals surface area contributed by atoms with Gasteiger partial charge in [-0.3, -0.25) is 0 Å². The van der Waals surface area contributed by atoms with Crippen LogP contribution in [0, 0.1) is 6.92 Å². The van der Waals surface area contributed by atoms with Crippen molar-refractivity contribution in [2.45, 2.75) is 19.4 Å². The molecule has 3 N–H and O–H groups in total. The highest BCUT2D eigenvalue weighted by molar-refractivity contribution is 5.62. The largest absolute Gasteiger partial charge is 0.366 e. The molecule has 1 aliphatic heterocycles. The minimum atomic E-state index is 0.455. The van der Waals surface area contributed by atoms with Crippen molar-refractivity contribution in [3.63, 3.8) is 0 Å². The van der Waals surface area contributed by atoms with Crippen LogP contribution < -0.4 is 16.0 Å². The molecule has 0 radical (unpaired) electrons. The number of nitrogens with zero attached hydrogens (tertiary/aromatic N) is 2. The number of rotatable bonds is 4. The third-order valence-corrected chi connectivity index (χ3v) is 3.49. The first-order chi connectivity index (χ1) is 9.81. The Labute approximate surface area is 118 Å². The summed E-state index contributed by atoms with van der Waals surface area (Å²) >= 11 is 0. The molecule has 104 valence electrons. The molecule has 1 aromatic carbocycles. The van der Waals surface area contributed by atoms with Gasteiger partial charge in [-0.15, -0.1) is 0 Å². The van der Waals surface area contributed by atoms with Crippen LogP contribution in [-0.2, 0) is 0 Å². The van der Waals surface area contributed by atoms with Gasteiger partial charge in [0.25, 0.3) is 0 Å². The number of nitrogens with one attached hydrogen (secondary N) is 3. The molecule has 2 aromatic rings. The highest BCUT2D eigenvalue weighted by Gasteiger charge is 2.14. The Bertz CT molecular complexity index is 578. The van der Waals surface area contributed by atoms with Gasteiger partial charge in [-0.05, 0) is 31.5 Å². The molecule has 0 amide bonds. The molecule has 0 saturated carbocycles. The summed E-state index contributed by atoms with van der Waals surface area (Å²) in [5, 5.41) is 10.1. The van der Waals surface area contributed by atoms with Crippen molar-refractivity contribution in [3.05, 3.63) is 42.2 Å². The topological polar surface area (TPSA) is 61.9 Å². The number of aryl methyl sites for hydroxylation is 1. The van der Waals surface area contributed by atoms with Crippen molar-refractivity contribution in [1.82, 2.24) is 15.3 Å². The Hall–Kier alpha value is -2.14. The molecule has 1 aliphatic rings. The van der Waals surface area contributed by atoms with Gasteiger partial charge in [0.05, 0.1) is 0 Å². The zero-order valence-corrected chi connectivity index (χ0v) is 11.6. The summed E-state index contributed by atoms with van der Waals surface area (Å²) in [7, 11) is 0. The van der Waals surface area contributed by atoms with Gasteiger partial charge in [-0.1, -0.05) is 18.2 Å². The van der Waals surface area contributed by atoms with Gasteiger partial charge < -0.3 is 16.0 Å². The molecule has 1 saturated heterocycles. The molecule has 5 heteroatoms. The molecule has 1 unspecified atom stereocenters. The van der Waals surface area contributed by atoms with E-state index in [9.17, 15) is 0 Å². The number of benzene rings is 1. The Morgan fingerprint density at radius 1 is 1.20 bits per heavy atom. The van der Waals surface area contributed by atoms with Gasteiger partial charge >= 0.3 is 0 Å². The summed E-state index contributed by atoms with van der Waals surface area (Å²) in [4.78, 5) is 8.55. The van der Waals surface area contributed by atoms with Gasteiger partial charge in [0.15, 0.2) is 0 Å². The van der Waals surface area contributed by atoms with E-state index in [1.165, 1.54) is 5.56 Å². The van der Waals surface area contributed by atoms with E-state index < -0.39 is 0 Å². The van der Waals surface area contributed by atoms with Crippen molar-refractivity contribution in [3.8, 4) is 0 Å². The quantitative estimate of drug-likeness (QED) is 0.795. The van der Waals surface area contributed by atoms with E-state index in [0.29, 0.717) is 6.04 Å². The van der Waals surface area contributed by atoms with Gasteiger partial charge in [0.2, 0.25) is 0 Å². The molecule has 5 nitrogen and oxygen atoms in total. The maximum atomic E-state index is 4.28. The minimum Gasteiger partial charge on any atom is -0.366 e. The summed E-state index contributed by atoms with van der Waals surface area (Å²) in [6, 6.07) is 10.6. The molecule has 1 aromatic heterocycles. The lowest BCUT2D eigenvalue weighted by atomic mass is 10.2. The molecule has 20 heavy (non-hydrogen) atoms. The third kappa shape index (κ3) is 3.05. The number of hydrogen-bond donors (Lipinski definition) is 3. The summed E-state index contributed by atoms with van der Waals surface area (Å²) in [6.07, 6.45) is 2.72. The third-order valence-electron chi connectivity index (χ3n) is 3.49. The van der Waals surface area contributed by atoms with Gasteiger partial charge in [-0.2, -0.15) is 0 Å². The molecule has 3 rings (SSSR count). The van der Waals surface area contributed by atoms with Crippen molar-refractivity contribution < 1.29 is 0 Å². The monoisotopic (exact) mass is 269 g/mol. The Kier molecular flexibility index (Phi) is 3.78. The van der Waals surface area contributed by atoms with E-state index in [1.54, 1.807) is 6.33 Å². The molecule has 0 bridgehead atoms. The van der Waals surface area contributed by atoms with E-state index in [2.05, 4.69) is 38.9 Å². The zero-order valence-electron chi connectivity index (χ0n) is 11.6. The van der Waals surface area contributed by atoms with E-state index in [0.717, 1.165) is 36.8 Å². The Balaban J connectivity index is 1.72. The molecular weight excluding hydrogens is 250 g/mol. The van der Waals surface area contributed by atoms with Crippen LogP contribution in [0.1, 0.15) is 12.0 Å². The standard InChI is InChI=1S/C15H19N5/c1-11-4-2-3-5-13(11)20-15-8-14(17-10-18-15)19-12-6-7-16-9-12/h2-5,8,10,12,16H,6-7,9H2,1H3,(H2,17,18,19,20). The summed E-state index contributed by atoms with van der Waals surface area (Å²) in [5.41, 5.74) is 2.26. The summed E-state index contributed by atoms with van der Waals surface area (Å²) < 4.78 is 0. The van der Waals surface area contributed by atoms with Gasteiger partial charge in [0, 0.05) is 24.3 Å². The highest BCUT2D eigenvalue weighted by atomic mass is 15.1. The maximum Gasteiger partial charge on any atom is 0.135 e. The first-order valence-corrected chi connectivity index (χ1v) is 6.93. The number of anilines is 3. The van der Waals surface area contributed by atoms with E-state index in [1.807, 2.05) is 24.3 Å². The predicted octanol–water partition coefficient (Wildman–Crippen LogP) is 2.30.